The van der Waals surface area contributed by atoms with Gasteiger partial charge in [-0.2, -0.15) is 0 Å². The molecule has 0 N–H and O–H groups in total. The summed E-state index contributed by atoms with van der Waals surface area (Å²) in [5.41, 5.74) is 0.353. The fourth-order valence-electron chi connectivity index (χ4n) is 2.84. The second-order valence-corrected chi connectivity index (χ2v) is 14.6. The molecule has 31 heavy (non-hydrogen) atoms. The molecule has 0 saturated heterocycles. The summed E-state index contributed by atoms with van der Waals surface area (Å²) in [4.78, 5) is 12.0. The molecule has 0 amide bonds. The van der Waals surface area contributed by atoms with E-state index in [-0.39, 0.29) is 6.23 Å². The van der Waals surface area contributed by atoms with Crippen LogP contribution < -0.4 is 0 Å². The van der Waals surface area contributed by atoms with Crippen LogP contribution in [0.5, 0.6) is 0 Å². The van der Waals surface area contributed by atoms with Crippen LogP contribution in [0, 0.1) is 0 Å². The molecule has 0 aromatic heterocycles. The van der Waals surface area contributed by atoms with Gasteiger partial charge in [0.15, 0.2) is 0 Å². The molecule has 0 aliphatic carbocycles. The molecular weight excluding hydrogens is 436 g/mol. The monoisotopic (exact) mass is 480 g/mol. The van der Waals surface area contributed by atoms with Gasteiger partial charge < -0.3 is 31.9 Å². The number of carbonyl (C=O) groups excluding carboxylic acids is 1. The minimum Gasteiger partial charge on any atom is -0.460 e. The summed E-state index contributed by atoms with van der Waals surface area (Å²) >= 11 is 0. The first kappa shape index (κ1) is 30.4. The summed E-state index contributed by atoms with van der Waals surface area (Å²) in [5.74, 6) is -0.437. The van der Waals surface area contributed by atoms with Crippen LogP contribution in [-0.4, -0.2) is 83.7 Å². The van der Waals surface area contributed by atoms with Crippen molar-refractivity contribution in [2.45, 2.75) is 58.2 Å². The molecule has 0 bridgehead atoms. The summed E-state index contributed by atoms with van der Waals surface area (Å²) in [6, 6.07) is 0.773. The molecule has 0 spiro atoms. The minimum absolute atomic E-state index is 0.100. The highest BCUT2D eigenvalue weighted by molar-refractivity contribution is 6.80. The van der Waals surface area contributed by atoms with E-state index in [9.17, 15) is 4.79 Å². The lowest BCUT2D eigenvalue weighted by atomic mass is 10.3. The molecule has 0 heterocycles. The molecule has 2 unspecified atom stereocenters. The van der Waals surface area contributed by atoms with Crippen LogP contribution in [0.3, 0.4) is 0 Å². The van der Waals surface area contributed by atoms with E-state index in [2.05, 4.69) is 13.1 Å². The van der Waals surface area contributed by atoms with Crippen molar-refractivity contribution in [1.29, 1.82) is 0 Å². The van der Waals surface area contributed by atoms with Gasteiger partial charge in [-0.15, -0.1) is 0 Å². The molecule has 8 nitrogen and oxygen atoms in total. The van der Waals surface area contributed by atoms with Crippen molar-refractivity contribution in [3.8, 4) is 0 Å². The second kappa shape index (κ2) is 17.9. The second-order valence-electron chi connectivity index (χ2n) is 7.92. The third-order valence-electron chi connectivity index (χ3n) is 4.53. The molecule has 0 rings (SSSR count). The van der Waals surface area contributed by atoms with Crippen molar-refractivity contribution >= 4 is 23.1 Å². The summed E-state index contributed by atoms with van der Waals surface area (Å²) in [7, 11) is -0.361. The first-order valence-electron chi connectivity index (χ1n) is 11.0. The summed E-state index contributed by atoms with van der Waals surface area (Å²) < 4.78 is 40.0. The maximum absolute atomic E-state index is 12.0. The number of hydrogen-bond donors (Lipinski definition) is 0. The number of hydrogen-bond acceptors (Lipinski definition) is 8. The molecule has 2 atom stereocenters. The van der Waals surface area contributed by atoms with E-state index in [0.29, 0.717) is 38.6 Å². The van der Waals surface area contributed by atoms with E-state index in [1.165, 1.54) is 0 Å². The maximum atomic E-state index is 12.0. The van der Waals surface area contributed by atoms with Crippen LogP contribution in [0.4, 0.5) is 0 Å². The van der Waals surface area contributed by atoms with Gasteiger partial charge in [0.1, 0.15) is 6.23 Å². The van der Waals surface area contributed by atoms with Crippen LogP contribution >= 0.6 is 0 Å². The fraction of sp³-hybridized carbons (Fsp3) is 0.857. The zero-order chi connectivity index (χ0) is 23.6. The fourth-order valence-corrected chi connectivity index (χ4v) is 10.2. The highest BCUT2D eigenvalue weighted by atomic mass is 28.5. The van der Waals surface area contributed by atoms with Crippen molar-refractivity contribution in [2.75, 3.05) is 60.6 Å². The predicted octanol–water partition coefficient (Wildman–Crippen LogP) is 3.73. The smallest absolute Gasteiger partial charge is 0.365 e. The number of rotatable bonds is 21. The highest BCUT2D eigenvalue weighted by Gasteiger charge is 2.44. The third kappa shape index (κ3) is 15.8. The Morgan fingerprint density at radius 2 is 1.19 bits per heavy atom. The molecule has 0 aromatic rings. The van der Waals surface area contributed by atoms with Gasteiger partial charge in [0.2, 0.25) is 0 Å². The van der Waals surface area contributed by atoms with Gasteiger partial charge in [0.25, 0.3) is 0 Å². The predicted molar refractivity (Wildman–Crippen MR) is 126 cm³/mol. The van der Waals surface area contributed by atoms with Crippen LogP contribution in [0.15, 0.2) is 12.2 Å². The van der Waals surface area contributed by atoms with E-state index < -0.39 is 23.1 Å². The molecule has 184 valence electrons. The Morgan fingerprint density at radius 3 is 1.68 bits per heavy atom. The first-order valence-corrected chi connectivity index (χ1v) is 16.0. The van der Waals surface area contributed by atoms with E-state index in [4.69, 9.17) is 31.9 Å². The Kier molecular flexibility index (Phi) is 17.6. The quantitative estimate of drug-likeness (QED) is 0.106. The molecule has 0 saturated carbocycles. The Bertz CT molecular complexity index is 494. The molecule has 0 aromatic carbocycles. The van der Waals surface area contributed by atoms with Gasteiger partial charge in [-0.3, -0.25) is 0 Å². The zero-order valence-electron chi connectivity index (χ0n) is 20.5. The van der Waals surface area contributed by atoms with E-state index >= 15 is 0 Å². The van der Waals surface area contributed by atoms with E-state index in [1.54, 1.807) is 28.3 Å². The molecule has 0 fully saturated rings. The Morgan fingerprint density at radius 1 is 0.742 bits per heavy atom. The third-order valence-corrected chi connectivity index (χ3v) is 11.5. The molecule has 0 radical (unpaired) electrons. The summed E-state index contributed by atoms with van der Waals surface area (Å²) in [5, 5.41) is 0. The standard InChI is InChI=1S/C21H44O8Si2/c1-20(2)21(22)26-19-31(7,28-17-11-9-14-24-4)29-30(6,18-12-15-25-5)27-16-10-8-13-23-3/h1,8-19H2,2-7H3. The Balaban J connectivity index is 5.15. The summed E-state index contributed by atoms with van der Waals surface area (Å²) in [6.45, 7) is 12.4. The first-order chi connectivity index (χ1) is 14.7. The molecular formula is C21H44O8Si2. The maximum Gasteiger partial charge on any atom is 0.365 e. The van der Waals surface area contributed by atoms with Gasteiger partial charge in [-0.25, -0.2) is 4.79 Å². The number of carbonyl (C=O) groups is 1. The SMILES string of the molecule is C=C(C)C(=O)OC[Si](C)(OCCCCOC)O[Si](C)(CCCOC)OCCCCOC. The highest BCUT2D eigenvalue weighted by Crippen LogP contribution is 2.24. The molecule has 0 aliphatic heterocycles. The van der Waals surface area contributed by atoms with Gasteiger partial charge in [0, 0.05) is 59.9 Å². The van der Waals surface area contributed by atoms with Crippen LogP contribution in [0.2, 0.25) is 19.1 Å². The largest absolute Gasteiger partial charge is 0.460 e. The minimum atomic E-state index is -2.84. The Hall–Kier alpha value is -0.596. The number of methoxy groups -OCH3 is 3. The lowest BCUT2D eigenvalue weighted by Gasteiger charge is -2.36. The normalized spacial score (nSPS) is 15.3. The van der Waals surface area contributed by atoms with Crippen molar-refractivity contribution in [3.63, 3.8) is 0 Å². The number of esters is 1. The van der Waals surface area contributed by atoms with Crippen molar-refractivity contribution in [3.05, 3.63) is 12.2 Å². The Labute approximate surface area is 191 Å². The molecule has 10 heteroatoms. The van der Waals surface area contributed by atoms with Crippen molar-refractivity contribution in [1.82, 2.24) is 0 Å². The van der Waals surface area contributed by atoms with Crippen LogP contribution in [-0.2, 0) is 36.7 Å². The van der Waals surface area contributed by atoms with E-state index in [0.717, 1.165) is 38.1 Å². The molecule has 0 aliphatic rings. The summed E-state index contributed by atoms with van der Waals surface area (Å²) in [6.07, 6.45) is 4.49. The lowest BCUT2D eigenvalue weighted by Crippen LogP contribution is -2.55. The van der Waals surface area contributed by atoms with Crippen molar-refractivity contribution in [2.24, 2.45) is 0 Å². The zero-order valence-corrected chi connectivity index (χ0v) is 22.5. The topological polar surface area (TPSA) is 81.7 Å². The van der Waals surface area contributed by atoms with Crippen LogP contribution in [0.25, 0.3) is 0 Å². The van der Waals surface area contributed by atoms with Gasteiger partial charge >= 0.3 is 23.1 Å². The van der Waals surface area contributed by atoms with Crippen molar-refractivity contribution < 1.29 is 36.7 Å². The van der Waals surface area contributed by atoms with Crippen LogP contribution in [0.1, 0.15) is 39.0 Å². The average molecular weight is 481 g/mol. The average Bonchev–Trinajstić information content (AvgIpc) is 2.72. The van der Waals surface area contributed by atoms with Gasteiger partial charge in [-0.1, -0.05) is 6.58 Å². The number of unbranched alkanes of at least 4 members (excludes halogenated alkanes) is 2. The number of ether oxygens (including phenoxy) is 4. The van der Waals surface area contributed by atoms with Gasteiger partial charge in [-0.05, 0) is 58.2 Å². The van der Waals surface area contributed by atoms with Gasteiger partial charge in [0.05, 0.1) is 0 Å². The lowest BCUT2D eigenvalue weighted by molar-refractivity contribution is -0.137. The van der Waals surface area contributed by atoms with E-state index in [1.807, 2.05) is 6.55 Å².